The number of hydrogen-bond acceptors (Lipinski definition) is 5. The monoisotopic (exact) mass is 376 g/mol. The molecular weight excluding hydrogens is 352 g/mol. The van der Waals surface area contributed by atoms with Crippen molar-refractivity contribution < 1.29 is 17.6 Å². The largest absolute Gasteiger partial charge is 0.464 e. The van der Waals surface area contributed by atoms with Gasteiger partial charge < -0.3 is 9.32 Å². The molecule has 7 heteroatoms. The molecule has 0 bridgehead atoms. The third-order valence-electron chi connectivity index (χ3n) is 5.74. The molecule has 2 saturated heterocycles. The molecule has 1 aromatic heterocycles. The van der Waals surface area contributed by atoms with Crippen LogP contribution in [0, 0.1) is 0 Å². The van der Waals surface area contributed by atoms with E-state index in [9.17, 15) is 13.2 Å². The summed E-state index contributed by atoms with van der Waals surface area (Å²) in [6.45, 7) is 3.37. The predicted molar refractivity (Wildman–Crippen MR) is 99.9 cm³/mol. The number of likely N-dealkylation sites (N-methyl/N-ethyl adjacent to an activating group) is 1. The molecule has 26 heavy (non-hydrogen) atoms. The summed E-state index contributed by atoms with van der Waals surface area (Å²) in [5.74, 6) is 0.196. The summed E-state index contributed by atoms with van der Waals surface area (Å²) in [6, 6.07) is 5.72. The van der Waals surface area contributed by atoms with Gasteiger partial charge >= 0.3 is 0 Å². The summed E-state index contributed by atoms with van der Waals surface area (Å²) in [7, 11) is -1.15. The first-order valence-corrected chi connectivity index (χ1v) is 10.9. The lowest BCUT2D eigenvalue weighted by molar-refractivity contribution is -0.135. The van der Waals surface area contributed by atoms with Crippen molar-refractivity contribution in [2.45, 2.75) is 31.8 Å². The molecule has 140 valence electrons. The summed E-state index contributed by atoms with van der Waals surface area (Å²) in [4.78, 5) is 16.8. The number of aryl methyl sites for hydroxylation is 1. The average Bonchev–Trinajstić information content (AvgIpc) is 3.15. The molecule has 1 amide bonds. The SMILES string of the molecule is CCc1ccc2occ(CC(=O)N3CCN(C)[C@@H]4CS(=O)(=O)C[C@@H]43)c2c1. The van der Waals surface area contributed by atoms with Crippen LogP contribution in [0.5, 0.6) is 0 Å². The normalized spacial score (nSPS) is 25.5. The average molecular weight is 376 g/mol. The van der Waals surface area contributed by atoms with Gasteiger partial charge in [-0.1, -0.05) is 13.0 Å². The molecule has 0 aliphatic carbocycles. The highest BCUT2D eigenvalue weighted by Gasteiger charge is 2.46. The second kappa shape index (κ2) is 6.39. The van der Waals surface area contributed by atoms with E-state index < -0.39 is 9.84 Å². The summed E-state index contributed by atoms with van der Waals surface area (Å²) in [6.07, 6.45) is 2.82. The minimum absolute atomic E-state index is 0.0187. The Morgan fingerprint density at radius 2 is 2.00 bits per heavy atom. The smallest absolute Gasteiger partial charge is 0.227 e. The molecule has 2 atom stereocenters. The number of rotatable bonds is 3. The minimum Gasteiger partial charge on any atom is -0.464 e. The number of amides is 1. The van der Waals surface area contributed by atoms with Crippen molar-refractivity contribution in [2.75, 3.05) is 31.6 Å². The van der Waals surface area contributed by atoms with Crippen LogP contribution in [0.3, 0.4) is 0 Å². The minimum atomic E-state index is -3.09. The van der Waals surface area contributed by atoms with Crippen molar-refractivity contribution >= 4 is 26.7 Å². The van der Waals surface area contributed by atoms with Crippen molar-refractivity contribution in [2.24, 2.45) is 0 Å². The van der Waals surface area contributed by atoms with Gasteiger partial charge in [0.15, 0.2) is 9.84 Å². The van der Waals surface area contributed by atoms with Gasteiger partial charge in [-0.25, -0.2) is 8.42 Å². The van der Waals surface area contributed by atoms with E-state index in [0.29, 0.717) is 13.1 Å². The van der Waals surface area contributed by atoms with Crippen LogP contribution in [0.1, 0.15) is 18.1 Å². The van der Waals surface area contributed by atoms with Crippen LogP contribution in [0.15, 0.2) is 28.9 Å². The fourth-order valence-corrected chi connectivity index (χ4v) is 6.24. The molecule has 4 rings (SSSR count). The van der Waals surface area contributed by atoms with Gasteiger partial charge in [-0.3, -0.25) is 9.69 Å². The zero-order valence-electron chi connectivity index (χ0n) is 15.1. The van der Waals surface area contributed by atoms with Crippen LogP contribution in [-0.2, 0) is 27.5 Å². The first-order chi connectivity index (χ1) is 12.4. The predicted octanol–water partition coefficient (Wildman–Crippen LogP) is 1.48. The second-order valence-electron chi connectivity index (χ2n) is 7.40. The van der Waals surface area contributed by atoms with Crippen LogP contribution in [0.25, 0.3) is 11.0 Å². The second-order valence-corrected chi connectivity index (χ2v) is 9.55. The summed E-state index contributed by atoms with van der Waals surface area (Å²) < 4.78 is 29.8. The topological polar surface area (TPSA) is 70.8 Å². The molecule has 2 aliphatic rings. The lowest BCUT2D eigenvalue weighted by Crippen LogP contribution is -2.59. The first kappa shape index (κ1) is 17.5. The number of carbonyl (C=O) groups is 1. The molecule has 0 saturated carbocycles. The third kappa shape index (κ3) is 3.03. The van der Waals surface area contributed by atoms with Crippen LogP contribution in [0.4, 0.5) is 0 Å². The Hall–Kier alpha value is -1.86. The maximum atomic E-state index is 13.0. The van der Waals surface area contributed by atoms with Crippen LogP contribution in [-0.4, -0.2) is 67.9 Å². The highest BCUT2D eigenvalue weighted by atomic mass is 32.2. The molecule has 1 aromatic carbocycles. The molecule has 2 aromatic rings. The molecule has 0 unspecified atom stereocenters. The fraction of sp³-hybridized carbons (Fsp3) is 0.526. The number of carbonyl (C=O) groups excluding carboxylic acids is 1. The van der Waals surface area contributed by atoms with Crippen LogP contribution in [0.2, 0.25) is 0 Å². The van der Waals surface area contributed by atoms with Gasteiger partial charge in [-0.05, 0) is 31.2 Å². The Morgan fingerprint density at radius 1 is 1.23 bits per heavy atom. The first-order valence-electron chi connectivity index (χ1n) is 9.07. The van der Waals surface area contributed by atoms with Gasteiger partial charge in [-0.15, -0.1) is 0 Å². The number of furan rings is 1. The summed E-state index contributed by atoms with van der Waals surface area (Å²) in [5, 5.41) is 0.974. The molecule has 3 heterocycles. The molecule has 0 N–H and O–H groups in total. The number of piperazine rings is 1. The van der Waals surface area contributed by atoms with Crippen LogP contribution >= 0.6 is 0 Å². The number of fused-ring (bicyclic) bond motifs is 2. The number of hydrogen-bond donors (Lipinski definition) is 0. The van der Waals surface area contributed by atoms with Crippen molar-refractivity contribution in [3.8, 4) is 0 Å². The highest BCUT2D eigenvalue weighted by molar-refractivity contribution is 7.91. The van der Waals surface area contributed by atoms with E-state index in [4.69, 9.17) is 4.42 Å². The van der Waals surface area contributed by atoms with E-state index >= 15 is 0 Å². The van der Waals surface area contributed by atoms with Gasteiger partial charge in [0.25, 0.3) is 0 Å². The third-order valence-corrected chi connectivity index (χ3v) is 7.44. The lowest BCUT2D eigenvalue weighted by Gasteiger charge is -2.42. The Labute approximate surface area is 153 Å². The standard InChI is InChI=1S/C19H24N2O4S/c1-3-13-4-5-18-15(8-13)14(10-25-18)9-19(22)21-7-6-20(2)16-11-26(23,24)12-17(16)21/h4-5,8,10,16-17H,3,6-7,9,11-12H2,1-2H3/t16-,17+/m1/s1. The van der Waals surface area contributed by atoms with Crippen LogP contribution < -0.4 is 0 Å². The van der Waals surface area contributed by atoms with Crippen molar-refractivity contribution in [1.82, 2.24) is 9.80 Å². The van der Waals surface area contributed by atoms with Crippen molar-refractivity contribution in [1.29, 1.82) is 0 Å². The molecule has 2 aliphatic heterocycles. The van der Waals surface area contributed by atoms with Gasteiger partial charge in [-0.2, -0.15) is 0 Å². The number of benzene rings is 1. The Balaban J connectivity index is 1.58. The number of sulfone groups is 1. The molecule has 6 nitrogen and oxygen atoms in total. The quantitative estimate of drug-likeness (QED) is 0.811. The van der Waals surface area contributed by atoms with Crippen molar-refractivity contribution in [3.05, 3.63) is 35.6 Å². The number of nitrogens with zero attached hydrogens (tertiary/aromatic N) is 2. The van der Waals surface area contributed by atoms with E-state index in [1.54, 1.807) is 11.2 Å². The fourth-order valence-electron chi connectivity index (χ4n) is 4.19. The summed E-state index contributed by atoms with van der Waals surface area (Å²) >= 11 is 0. The lowest BCUT2D eigenvalue weighted by atomic mass is 10.0. The molecular formula is C19H24N2O4S. The Kier molecular flexibility index (Phi) is 4.31. The Morgan fingerprint density at radius 3 is 2.77 bits per heavy atom. The van der Waals surface area contributed by atoms with E-state index in [0.717, 1.165) is 23.0 Å². The summed E-state index contributed by atoms with van der Waals surface area (Å²) in [5.41, 5.74) is 2.86. The maximum Gasteiger partial charge on any atom is 0.227 e. The Bertz CT molecular complexity index is 950. The van der Waals surface area contributed by atoms with E-state index in [-0.39, 0.29) is 35.9 Å². The maximum absolute atomic E-state index is 13.0. The highest BCUT2D eigenvalue weighted by Crippen LogP contribution is 2.28. The van der Waals surface area contributed by atoms with Gasteiger partial charge in [0.2, 0.25) is 5.91 Å². The zero-order valence-corrected chi connectivity index (χ0v) is 16.0. The zero-order chi connectivity index (χ0) is 18.5. The molecule has 0 radical (unpaired) electrons. The molecule has 2 fully saturated rings. The van der Waals surface area contributed by atoms with E-state index in [1.165, 1.54) is 5.56 Å². The van der Waals surface area contributed by atoms with Gasteiger partial charge in [0.05, 0.1) is 30.2 Å². The van der Waals surface area contributed by atoms with Crippen molar-refractivity contribution in [3.63, 3.8) is 0 Å². The van der Waals surface area contributed by atoms with E-state index in [1.807, 2.05) is 19.2 Å². The van der Waals surface area contributed by atoms with Gasteiger partial charge in [0.1, 0.15) is 5.58 Å². The molecule has 0 spiro atoms. The van der Waals surface area contributed by atoms with Gasteiger partial charge in [0, 0.05) is 30.1 Å². The van der Waals surface area contributed by atoms with E-state index in [2.05, 4.69) is 17.9 Å².